The molecule has 2 rings (SSSR count). The van der Waals surface area contributed by atoms with Crippen LogP contribution in [0.4, 0.5) is 5.69 Å². The maximum atomic E-state index is 12.0. The molecule has 2 amide bonds. The van der Waals surface area contributed by atoms with Crippen molar-refractivity contribution in [2.24, 2.45) is 0 Å². The molecule has 5 heteroatoms. The predicted octanol–water partition coefficient (Wildman–Crippen LogP) is 1.13. The normalized spacial score (nSPS) is 13.9. The summed E-state index contributed by atoms with van der Waals surface area (Å²) in [6.45, 7) is 0.613. The van der Waals surface area contributed by atoms with Gasteiger partial charge in [0.1, 0.15) is 0 Å². The minimum atomic E-state index is -0.119. The van der Waals surface area contributed by atoms with Crippen molar-refractivity contribution in [1.29, 1.82) is 0 Å². The predicted molar refractivity (Wildman–Crippen MR) is 74.1 cm³/mol. The molecular formula is C14H19N3O2. The Hall–Kier alpha value is -1.88. The number of hydrogen-bond donors (Lipinski definition) is 3. The van der Waals surface area contributed by atoms with Crippen LogP contribution in [0.25, 0.3) is 0 Å². The topological polar surface area (TPSA) is 70.2 Å². The van der Waals surface area contributed by atoms with E-state index < -0.39 is 0 Å². The van der Waals surface area contributed by atoms with Gasteiger partial charge in [-0.1, -0.05) is 12.1 Å². The number of para-hydroxylation sites is 1. The number of carbonyl (C=O) groups excluding carboxylic acids is 2. The zero-order chi connectivity index (χ0) is 13.7. The SMILES string of the molecule is CNCCC(=O)Nc1ccccc1C(=O)NC1CC1. The van der Waals surface area contributed by atoms with E-state index in [2.05, 4.69) is 16.0 Å². The maximum Gasteiger partial charge on any atom is 0.253 e. The van der Waals surface area contributed by atoms with Crippen molar-refractivity contribution in [3.8, 4) is 0 Å². The Morgan fingerprint density at radius 3 is 2.68 bits per heavy atom. The molecular weight excluding hydrogens is 242 g/mol. The van der Waals surface area contributed by atoms with Crippen LogP contribution in [0, 0.1) is 0 Å². The number of anilines is 1. The van der Waals surface area contributed by atoms with E-state index in [0.29, 0.717) is 30.3 Å². The number of carbonyl (C=O) groups is 2. The molecule has 19 heavy (non-hydrogen) atoms. The van der Waals surface area contributed by atoms with Crippen LogP contribution in [0.5, 0.6) is 0 Å². The van der Waals surface area contributed by atoms with Crippen LogP contribution < -0.4 is 16.0 Å². The monoisotopic (exact) mass is 261 g/mol. The van der Waals surface area contributed by atoms with Crippen LogP contribution in [-0.4, -0.2) is 31.4 Å². The molecule has 0 unspecified atom stereocenters. The van der Waals surface area contributed by atoms with Crippen LogP contribution >= 0.6 is 0 Å². The first kappa shape index (κ1) is 13.5. The molecule has 0 spiro atoms. The molecule has 102 valence electrons. The molecule has 0 atom stereocenters. The third-order valence-electron chi connectivity index (χ3n) is 2.96. The molecule has 1 aliphatic carbocycles. The van der Waals surface area contributed by atoms with E-state index >= 15 is 0 Å². The Kier molecular flexibility index (Phi) is 4.52. The second-order valence-electron chi connectivity index (χ2n) is 4.70. The summed E-state index contributed by atoms with van der Waals surface area (Å²) < 4.78 is 0. The molecule has 1 aliphatic rings. The van der Waals surface area contributed by atoms with Crippen LogP contribution in [-0.2, 0) is 4.79 Å². The number of hydrogen-bond acceptors (Lipinski definition) is 3. The molecule has 0 radical (unpaired) electrons. The van der Waals surface area contributed by atoms with Gasteiger partial charge in [-0.25, -0.2) is 0 Å². The Balaban J connectivity index is 2.02. The van der Waals surface area contributed by atoms with Crippen molar-refractivity contribution in [2.75, 3.05) is 18.9 Å². The highest BCUT2D eigenvalue weighted by molar-refractivity contribution is 6.03. The lowest BCUT2D eigenvalue weighted by Crippen LogP contribution is -2.27. The van der Waals surface area contributed by atoms with E-state index in [-0.39, 0.29) is 11.8 Å². The van der Waals surface area contributed by atoms with Crippen molar-refractivity contribution in [1.82, 2.24) is 10.6 Å². The molecule has 0 aromatic heterocycles. The largest absolute Gasteiger partial charge is 0.349 e. The van der Waals surface area contributed by atoms with Gasteiger partial charge in [-0.2, -0.15) is 0 Å². The van der Waals surface area contributed by atoms with E-state index in [1.165, 1.54) is 0 Å². The summed E-state index contributed by atoms with van der Waals surface area (Å²) in [6.07, 6.45) is 2.47. The average molecular weight is 261 g/mol. The zero-order valence-corrected chi connectivity index (χ0v) is 11.0. The molecule has 5 nitrogen and oxygen atoms in total. The molecule has 0 bridgehead atoms. The van der Waals surface area contributed by atoms with Gasteiger partial charge in [-0.05, 0) is 32.0 Å². The van der Waals surface area contributed by atoms with E-state index in [1.54, 1.807) is 25.2 Å². The summed E-state index contributed by atoms with van der Waals surface area (Å²) in [6, 6.07) is 7.39. The van der Waals surface area contributed by atoms with Crippen LogP contribution in [0.15, 0.2) is 24.3 Å². The Labute approximate surface area is 112 Å². The maximum absolute atomic E-state index is 12.0. The van der Waals surface area contributed by atoms with Gasteiger partial charge in [-0.15, -0.1) is 0 Å². The lowest BCUT2D eigenvalue weighted by molar-refractivity contribution is -0.116. The molecule has 3 N–H and O–H groups in total. The third kappa shape index (κ3) is 4.06. The highest BCUT2D eigenvalue weighted by Crippen LogP contribution is 2.21. The van der Waals surface area contributed by atoms with Crippen molar-refractivity contribution in [2.45, 2.75) is 25.3 Å². The molecule has 0 saturated heterocycles. The quantitative estimate of drug-likeness (QED) is 0.719. The fourth-order valence-corrected chi connectivity index (χ4v) is 1.73. The van der Waals surface area contributed by atoms with Crippen LogP contribution in [0.3, 0.4) is 0 Å². The minimum Gasteiger partial charge on any atom is -0.349 e. The van der Waals surface area contributed by atoms with Gasteiger partial charge >= 0.3 is 0 Å². The van der Waals surface area contributed by atoms with E-state index in [1.807, 2.05) is 6.07 Å². The summed E-state index contributed by atoms with van der Waals surface area (Å²) in [4.78, 5) is 23.7. The van der Waals surface area contributed by atoms with Gasteiger partial charge in [0.05, 0.1) is 11.3 Å². The average Bonchev–Trinajstić information content (AvgIpc) is 3.21. The first-order valence-corrected chi connectivity index (χ1v) is 6.55. The first-order chi connectivity index (χ1) is 9.20. The van der Waals surface area contributed by atoms with Crippen molar-refractivity contribution >= 4 is 17.5 Å². The Morgan fingerprint density at radius 2 is 2.00 bits per heavy atom. The van der Waals surface area contributed by atoms with Crippen molar-refractivity contribution < 1.29 is 9.59 Å². The van der Waals surface area contributed by atoms with Crippen LogP contribution in [0.1, 0.15) is 29.6 Å². The van der Waals surface area contributed by atoms with E-state index in [4.69, 9.17) is 0 Å². The van der Waals surface area contributed by atoms with Gasteiger partial charge in [0, 0.05) is 19.0 Å². The first-order valence-electron chi connectivity index (χ1n) is 6.55. The third-order valence-corrected chi connectivity index (χ3v) is 2.96. The molecule has 1 aromatic carbocycles. The molecule has 0 aliphatic heterocycles. The van der Waals surface area contributed by atoms with Crippen molar-refractivity contribution in [3.63, 3.8) is 0 Å². The summed E-state index contributed by atoms with van der Waals surface area (Å²) in [5.74, 6) is -0.215. The summed E-state index contributed by atoms with van der Waals surface area (Å²) in [7, 11) is 1.80. The van der Waals surface area contributed by atoms with Crippen LogP contribution in [0.2, 0.25) is 0 Å². The number of amides is 2. The number of rotatable bonds is 6. The summed E-state index contributed by atoms with van der Waals surface area (Å²) in [5, 5.41) is 8.62. The minimum absolute atomic E-state index is 0.0963. The van der Waals surface area contributed by atoms with Gasteiger partial charge < -0.3 is 16.0 Å². The van der Waals surface area contributed by atoms with Gasteiger partial charge in [0.2, 0.25) is 5.91 Å². The lowest BCUT2D eigenvalue weighted by atomic mass is 10.1. The molecule has 0 heterocycles. The molecule has 1 saturated carbocycles. The Morgan fingerprint density at radius 1 is 1.26 bits per heavy atom. The second kappa shape index (κ2) is 6.33. The standard InChI is InChI=1S/C14H19N3O2/c1-15-9-8-13(18)17-12-5-3-2-4-11(12)14(19)16-10-6-7-10/h2-5,10,15H,6-9H2,1H3,(H,16,19)(H,17,18). The molecule has 1 aromatic rings. The van der Waals surface area contributed by atoms with Gasteiger partial charge in [0.25, 0.3) is 5.91 Å². The fourth-order valence-electron chi connectivity index (χ4n) is 1.73. The fraction of sp³-hybridized carbons (Fsp3) is 0.429. The van der Waals surface area contributed by atoms with Crippen molar-refractivity contribution in [3.05, 3.63) is 29.8 Å². The van der Waals surface area contributed by atoms with Gasteiger partial charge in [0.15, 0.2) is 0 Å². The summed E-state index contributed by atoms with van der Waals surface area (Å²) >= 11 is 0. The van der Waals surface area contributed by atoms with E-state index in [0.717, 1.165) is 12.8 Å². The summed E-state index contributed by atoms with van der Waals surface area (Å²) in [5.41, 5.74) is 1.09. The van der Waals surface area contributed by atoms with E-state index in [9.17, 15) is 9.59 Å². The molecule has 1 fully saturated rings. The van der Waals surface area contributed by atoms with Gasteiger partial charge in [-0.3, -0.25) is 9.59 Å². The Bertz CT molecular complexity index is 470. The zero-order valence-electron chi connectivity index (χ0n) is 11.0. The number of nitrogens with one attached hydrogen (secondary N) is 3. The number of benzene rings is 1. The lowest BCUT2D eigenvalue weighted by Gasteiger charge is -2.11. The smallest absolute Gasteiger partial charge is 0.253 e. The second-order valence-corrected chi connectivity index (χ2v) is 4.70. The highest BCUT2D eigenvalue weighted by atomic mass is 16.2. The highest BCUT2D eigenvalue weighted by Gasteiger charge is 2.24.